The van der Waals surface area contributed by atoms with Crippen molar-refractivity contribution in [1.82, 2.24) is 10.2 Å². The van der Waals surface area contributed by atoms with E-state index in [9.17, 15) is 27.9 Å². The monoisotopic (exact) mass is 384 g/mol. The van der Waals surface area contributed by atoms with Crippen LogP contribution in [0.3, 0.4) is 0 Å². The SMILES string of the molecule is CC(=O)N[C@@H]1C[C@@H]2CN(C(=O)Cc3ccccc3C(F)(F)F)C[C@@H]2C[C@H]1O. The molecule has 3 rings (SSSR count). The standard InChI is InChI=1S/C19H23F3N2O3/c1-11(25)23-16-6-13-9-24(10-14(13)7-17(16)26)18(27)8-12-4-2-3-5-15(12)19(20,21)22/h2-5,13-14,16-17,26H,6-10H2,1H3,(H,23,25)/t13-,14+,16-,17-/m1/s1. The van der Waals surface area contributed by atoms with Crippen LogP contribution in [0.1, 0.15) is 30.9 Å². The van der Waals surface area contributed by atoms with Gasteiger partial charge in [-0.15, -0.1) is 0 Å². The highest BCUT2D eigenvalue weighted by Crippen LogP contribution is 2.37. The van der Waals surface area contributed by atoms with Gasteiger partial charge in [0.15, 0.2) is 0 Å². The molecule has 0 radical (unpaired) electrons. The largest absolute Gasteiger partial charge is 0.416 e. The number of nitrogens with one attached hydrogen (secondary N) is 1. The van der Waals surface area contributed by atoms with Gasteiger partial charge in [0, 0.05) is 20.0 Å². The van der Waals surface area contributed by atoms with Gasteiger partial charge < -0.3 is 15.3 Å². The third-order valence-corrected chi connectivity index (χ3v) is 5.55. The van der Waals surface area contributed by atoms with Crippen molar-refractivity contribution in [3.8, 4) is 0 Å². The van der Waals surface area contributed by atoms with E-state index in [0.29, 0.717) is 25.9 Å². The summed E-state index contributed by atoms with van der Waals surface area (Å²) in [6.07, 6.45) is -4.43. The van der Waals surface area contributed by atoms with Gasteiger partial charge in [0.2, 0.25) is 11.8 Å². The Hall–Kier alpha value is -2.09. The Morgan fingerprint density at radius 3 is 2.44 bits per heavy atom. The quantitative estimate of drug-likeness (QED) is 0.837. The number of alkyl halides is 3. The van der Waals surface area contributed by atoms with Crippen molar-refractivity contribution in [2.45, 2.75) is 44.5 Å². The molecule has 2 fully saturated rings. The average Bonchev–Trinajstić information content (AvgIpc) is 2.97. The summed E-state index contributed by atoms with van der Waals surface area (Å²) in [4.78, 5) is 25.5. The minimum atomic E-state index is -4.49. The lowest BCUT2D eigenvalue weighted by atomic mass is 9.77. The number of aliphatic hydroxyl groups excluding tert-OH is 1. The van der Waals surface area contributed by atoms with E-state index in [4.69, 9.17) is 0 Å². The van der Waals surface area contributed by atoms with Gasteiger partial charge in [-0.2, -0.15) is 13.2 Å². The van der Waals surface area contributed by atoms with E-state index in [0.717, 1.165) is 6.07 Å². The lowest BCUT2D eigenvalue weighted by molar-refractivity contribution is -0.138. The second kappa shape index (κ2) is 7.50. The molecule has 2 amide bonds. The Balaban J connectivity index is 1.66. The number of carbonyl (C=O) groups excluding carboxylic acids is 2. The molecule has 2 N–H and O–H groups in total. The first-order valence-corrected chi connectivity index (χ1v) is 9.03. The molecule has 1 aliphatic heterocycles. The summed E-state index contributed by atoms with van der Waals surface area (Å²) < 4.78 is 39.4. The summed E-state index contributed by atoms with van der Waals surface area (Å²) in [5.41, 5.74) is -0.808. The molecule has 0 spiro atoms. The second-order valence-electron chi connectivity index (χ2n) is 7.50. The van der Waals surface area contributed by atoms with Crippen molar-refractivity contribution in [2.24, 2.45) is 11.8 Å². The number of carbonyl (C=O) groups is 2. The van der Waals surface area contributed by atoms with Gasteiger partial charge in [-0.1, -0.05) is 18.2 Å². The highest BCUT2D eigenvalue weighted by Gasteiger charge is 2.43. The molecule has 1 heterocycles. The number of likely N-dealkylation sites (tertiary alicyclic amines) is 1. The molecule has 2 aliphatic rings. The fourth-order valence-corrected chi connectivity index (χ4v) is 4.28. The van der Waals surface area contributed by atoms with E-state index in [-0.39, 0.29) is 41.7 Å². The van der Waals surface area contributed by atoms with Crippen LogP contribution < -0.4 is 5.32 Å². The molecule has 1 saturated carbocycles. The summed E-state index contributed by atoms with van der Waals surface area (Å²) in [7, 11) is 0. The molecule has 0 aromatic heterocycles. The molecule has 0 bridgehead atoms. The second-order valence-corrected chi connectivity index (χ2v) is 7.50. The number of hydrogen-bond donors (Lipinski definition) is 2. The van der Waals surface area contributed by atoms with Gasteiger partial charge in [0.05, 0.1) is 24.1 Å². The van der Waals surface area contributed by atoms with E-state index < -0.39 is 17.8 Å². The number of fused-ring (bicyclic) bond motifs is 1. The van der Waals surface area contributed by atoms with E-state index in [1.165, 1.54) is 25.1 Å². The summed E-state index contributed by atoms with van der Waals surface area (Å²) in [6, 6.07) is 4.78. The normalized spacial score (nSPS) is 28.0. The summed E-state index contributed by atoms with van der Waals surface area (Å²) in [6.45, 7) is 2.27. The first kappa shape index (κ1) is 19.7. The number of benzene rings is 1. The van der Waals surface area contributed by atoms with Crippen molar-refractivity contribution < 1.29 is 27.9 Å². The molecule has 1 saturated heterocycles. The molecule has 1 aromatic rings. The zero-order chi connectivity index (χ0) is 19.8. The van der Waals surface area contributed by atoms with Gasteiger partial charge >= 0.3 is 6.18 Å². The maximum Gasteiger partial charge on any atom is 0.416 e. The molecule has 1 aromatic carbocycles. The Bertz CT molecular complexity index is 722. The first-order valence-electron chi connectivity index (χ1n) is 9.03. The summed E-state index contributed by atoms with van der Waals surface area (Å²) >= 11 is 0. The van der Waals surface area contributed by atoms with Crippen molar-refractivity contribution in [3.63, 3.8) is 0 Å². The minimum Gasteiger partial charge on any atom is -0.391 e. The van der Waals surface area contributed by atoms with E-state index in [2.05, 4.69) is 5.32 Å². The highest BCUT2D eigenvalue weighted by molar-refractivity contribution is 5.79. The molecular weight excluding hydrogens is 361 g/mol. The maximum absolute atomic E-state index is 13.1. The summed E-state index contributed by atoms with van der Waals surface area (Å²) in [5, 5.41) is 12.9. The molecule has 8 heteroatoms. The number of amides is 2. The Kier molecular flexibility index (Phi) is 5.46. The zero-order valence-corrected chi connectivity index (χ0v) is 15.0. The highest BCUT2D eigenvalue weighted by atomic mass is 19.4. The Morgan fingerprint density at radius 1 is 1.19 bits per heavy atom. The lowest BCUT2D eigenvalue weighted by Gasteiger charge is -2.35. The smallest absolute Gasteiger partial charge is 0.391 e. The number of rotatable bonds is 3. The average molecular weight is 384 g/mol. The zero-order valence-electron chi connectivity index (χ0n) is 15.0. The van der Waals surface area contributed by atoms with Gasteiger partial charge in [-0.05, 0) is 36.3 Å². The van der Waals surface area contributed by atoms with Crippen LogP contribution in [0.15, 0.2) is 24.3 Å². The molecular formula is C19H23F3N2O3. The third kappa shape index (κ3) is 4.43. The van der Waals surface area contributed by atoms with Crippen LogP contribution in [0.25, 0.3) is 0 Å². The van der Waals surface area contributed by atoms with E-state index >= 15 is 0 Å². The van der Waals surface area contributed by atoms with Crippen LogP contribution in [-0.4, -0.2) is 47.1 Å². The number of aliphatic hydroxyl groups is 1. The lowest BCUT2D eigenvalue weighted by Crippen LogP contribution is -2.48. The molecule has 0 unspecified atom stereocenters. The third-order valence-electron chi connectivity index (χ3n) is 5.55. The van der Waals surface area contributed by atoms with Crippen LogP contribution in [0, 0.1) is 11.8 Å². The van der Waals surface area contributed by atoms with Crippen LogP contribution in [0.5, 0.6) is 0 Å². The number of nitrogens with zero attached hydrogens (tertiary/aromatic N) is 1. The number of halogens is 3. The van der Waals surface area contributed by atoms with Crippen LogP contribution in [0.4, 0.5) is 13.2 Å². The molecule has 148 valence electrons. The van der Waals surface area contributed by atoms with Crippen molar-refractivity contribution in [3.05, 3.63) is 35.4 Å². The Morgan fingerprint density at radius 2 is 1.81 bits per heavy atom. The minimum absolute atomic E-state index is 0.0268. The predicted molar refractivity (Wildman–Crippen MR) is 91.6 cm³/mol. The van der Waals surface area contributed by atoms with Gasteiger partial charge in [-0.25, -0.2) is 0 Å². The van der Waals surface area contributed by atoms with Crippen LogP contribution in [-0.2, 0) is 22.2 Å². The fraction of sp³-hybridized carbons (Fsp3) is 0.579. The predicted octanol–water partition coefficient (Wildman–Crippen LogP) is 1.98. The molecule has 1 aliphatic carbocycles. The summed E-state index contributed by atoms with van der Waals surface area (Å²) in [5.74, 6) is -0.322. The van der Waals surface area contributed by atoms with E-state index in [1.54, 1.807) is 4.90 Å². The van der Waals surface area contributed by atoms with Gasteiger partial charge in [-0.3, -0.25) is 9.59 Å². The topological polar surface area (TPSA) is 69.6 Å². The van der Waals surface area contributed by atoms with Crippen molar-refractivity contribution in [2.75, 3.05) is 13.1 Å². The van der Waals surface area contributed by atoms with Crippen molar-refractivity contribution >= 4 is 11.8 Å². The van der Waals surface area contributed by atoms with Gasteiger partial charge in [0.25, 0.3) is 0 Å². The van der Waals surface area contributed by atoms with Crippen molar-refractivity contribution in [1.29, 1.82) is 0 Å². The van der Waals surface area contributed by atoms with Crippen LogP contribution >= 0.6 is 0 Å². The Labute approximate surface area is 155 Å². The van der Waals surface area contributed by atoms with Gasteiger partial charge in [0.1, 0.15) is 0 Å². The maximum atomic E-state index is 13.1. The fourth-order valence-electron chi connectivity index (χ4n) is 4.28. The van der Waals surface area contributed by atoms with Crippen LogP contribution in [0.2, 0.25) is 0 Å². The van der Waals surface area contributed by atoms with E-state index in [1.807, 2.05) is 0 Å². The molecule has 5 nitrogen and oxygen atoms in total. The first-order chi connectivity index (χ1) is 12.6. The number of hydrogen-bond acceptors (Lipinski definition) is 3. The molecule has 27 heavy (non-hydrogen) atoms. The molecule has 4 atom stereocenters.